The van der Waals surface area contributed by atoms with Crippen LogP contribution in [0.4, 0.5) is 11.4 Å². The van der Waals surface area contributed by atoms with E-state index < -0.39 is 4.92 Å². The Bertz CT molecular complexity index is 339. The van der Waals surface area contributed by atoms with Gasteiger partial charge in [-0.15, -0.1) is 0 Å². The zero-order valence-electron chi connectivity index (χ0n) is 8.11. The van der Waals surface area contributed by atoms with E-state index in [1.165, 1.54) is 6.07 Å². The maximum atomic E-state index is 10.6. The summed E-state index contributed by atoms with van der Waals surface area (Å²) in [5.41, 5.74) is 0.511. The molecular weight excluding hydrogens is 184 g/mol. The van der Waals surface area contributed by atoms with Crippen molar-refractivity contribution in [1.29, 1.82) is 0 Å². The number of nitrogens with one attached hydrogen (secondary N) is 1. The molecule has 0 radical (unpaired) electrons. The number of anilines is 1. The van der Waals surface area contributed by atoms with Crippen molar-refractivity contribution in [3.8, 4) is 5.75 Å². The molecule has 0 aliphatic carbocycles. The normalized spacial score (nSPS) is 9.57. The van der Waals surface area contributed by atoms with Gasteiger partial charge in [0.25, 0.3) is 5.69 Å². The molecular formula is C9H12N2O3. The van der Waals surface area contributed by atoms with Crippen LogP contribution in [0.2, 0.25) is 0 Å². The Hall–Kier alpha value is -1.78. The van der Waals surface area contributed by atoms with E-state index in [-0.39, 0.29) is 5.69 Å². The van der Waals surface area contributed by atoms with Gasteiger partial charge in [0.05, 0.1) is 11.5 Å². The molecule has 0 amide bonds. The lowest BCUT2D eigenvalue weighted by atomic mass is 10.2. The van der Waals surface area contributed by atoms with Crippen molar-refractivity contribution in [3.63, 3.8) is 0 Å². The van der Waals surface area contributed by atoms with Crippen LogP contribution in [0, 0.1) is 10.1 Å². The standard InChI is InChI=1S/C9H12N2O3/c1-3-14-7-4-5-9(11(12)13)8(6-7)10-2/h4-6,10H,3H2,1-2H3. The molecule has 0 unspecified atom stereocenters. The van der Waals surface area contributed by atoms with Crippen LogP contribution in [0.25, 0.3) is 0 Å². The van der Waals surface area contributed by atoms with Crippen molar-refractivity contribution >= 4 is 11.4 Å². The SMILES string of the molecule is CCOc1ccc([N+](=O)[O-])c(NC)c1. The Morgan fingerprint density at radius 2 is 2.29 bits per heavy atom. The van der Waals surface area contributed by atoms with Gasteiger partial charge in [0.1, 0.15) is 11.4 Å². The molecule has 0 aliphatic heterocycles. The zero-order chi connectivity index (χ0) is 10.6. The summed E-state index contributed by atoms with van der Waals surface area (Å²) in [4.78, 5) is 10.1. The van der Waals surface area contributed by atoms with E-state index in [1.807, 2.05) is 6.92 Å². The first-order chi connectivity index (χ1) is 6.69. The molecule has 1 aromatic rings. The maximum absolute atomic E-state index is 10.6. The lowest BCUT2D eigenvalue weighted by molar-refractivity contribution is -0.384. The van der Waals surface area contributed by atoms with E-state index >= 15 is 0 Å². The second-order valence-corrected chi connectivity index (χ2v) is 2.62. The Morgan fingerprint density at radius 1 is 1.57 bits per heavy atom. The third-order valence-electron chi connectivity index (χ3n) is 1.75. The van der Waals surface area contributed by atoms with E-state index in [4.69, 9.17) is 4.74 Å². The highest BCUT2D eigenvalue weighted by Crippen LogP contribution is 2.28. The molecule has 0 atom stereocenters. The highest BCUT2D eigenvalue weighted by molar-refractivity contribution is 5.63. The van der Waals surface area contributed by atoms with E-state index in [9.17, 15) is 10.1 Å². The summed E-state index contributed by atoms with van der Waals surface area (Å²) >= 11 is 0. The fraction of sp³-hybridized carbons (Fsp3) is 0.333. The number of nitro groups is 1. The number of nitro benzene ring substituents is 1. The van der Waals surface area contributed by atoms with E-state index in [0.717, 1.165) is 0 Å². The van der Waals surface area contributed by atoms with Crippen LogP contribution in [0.15, 0.2) is 18.2 Å². The second-order valence-electron chi connectivity index (χ2n) is 2.62. The number of hydrogen-bond acceptors (Lipinski definition) is 4. The highest BCUT2D eigenvalue weighted by atomic mass is 16.6. The van der Waals surface area contributed by atoms with E-state index in [0.29, 0.717) is 18.0 Å². The molecule has 0 fully saturated rings. The summed E-state index contributed by atoms with van der Waals surface area (Å²) in [6.45, 7) is 2.40. The molecule has 1 N–H and O–H groups in total. The molecule has 0 spiro atoms. The molecule has 5 heteroatoms. The van der Waals surface area contributed by atoms with Gasteiger partial charge < -0.3 is 10.1 Å². The maximum Gasteiger partial charge on any atom is 0.292 e. The Morgan fingerprint density at radius 3 is 2.79 bits per heavy atom. The van der Waals surface area contributed by atoms with Gasteiger partial charge in [0.15, 0.2) is 0 Å². The lowest BCUT2D eigenvalue weighted by Gasteiger charge is -2.06. The van der Waals surface area contributed by atoms with Crippen molar-refractivity contribution in [2.75, 3.05) is 19.0 Å². The minimum Gasteiger partial charge on any atom is -0.494 e. The number of ether oxygens (including phenoxy) is 1. The summed E-state index contributed by atoms with van der Waals surface area (Å²) in [5.74, 6) is 0.627. The van der Waals surface area contributed by atoms with Crippen LogP contribution < -0.4 is 10.1 Å². The van der Waals surface area contributed by atoms with Gasteiger partial charge in [-0.1, -0.05) is 0 Å². The number of hydrogen-bond donors (Lipinski definition) is 1. The minimum absolute atomic E-state index is 0.0518. The van der Waals surface area contributed by atoms with Crippen LogP contribution in [-0.2, 0) is 0 Å². The van der Waals surface area contributed by atoms with E-state index in [2.05, 4.69) is 5.32 Å². The van der Waals surface area contributed by atoms with Gasteiger partial charge in [0.2, 0.25) is 0 Å². The summed E-state index contributed by atoms with van der Waals surface area (Å²) < 4.78 is 5.22. The summed E-state index contributed by atoms with van der Waals surface area (Å²) in [5, 5.41) is 13.3. The third-order valence-corrected chi connectivity index (χ3v) is 1.75. The fourth-order valence-electron chi connectivity index (χ4n) is 1.13. The van der Waals surface area contributed by atoms with Gasteiger partial charge in [-0.05, 0) is 13.0 Å². The predicted molar refractivity (Wildman–Crippen MR) is 53.8 cm³/mol. The number of rotatable bonds is 4. The van der Waals surface area contributed by atoms with Crippen LogP contribution >= 0.6 is 0 Å². The third kappa shape index (κ3) is 2.12. The molecule has 0 heterocycles. The van der Waals surface area contributed by atoms with Crippen LogP contribution in [0.1, 0.15) is 6.92 Å². The minimum atomic E-state index is -0.429. The van der Waals surface area contributed by atoms with Gasteiger partial charge in [0, 0.05) is 19.2 Å². The quantitative estimate of drug-likeness (QED) is 0.591. The first kappa shape index (κ1) is 10.3. The zero-order valence-corrected chi connectivity index (χ0v) is 8.11. The van der Waals surface area contributed by atoms with Gasteiger partial charge in [-0.3, -0.25) is 10.1 Å². The molecule has 1 aromatic carbocycles. The molecule has 1 rings (SSSR count). The smallest absolute Gasteiger partial charge is 0.292 e. The van der Waals surface area contributed by atoms with Crippen molar-refractivity contribution in [2.24, 2.45) is 0 Å². The highest BCUT2D eigenvalue weighted by Gasteiger charge is 2.12. The molecule has 5 nitrogen and oxygen atoms in total. The van der Waals surface area contributed by atoms with Crippen molar-refractivity contribution in [3.05, 3.63) is 28.3 Å². The van der Waals surface area contributed by atoms with E-state index in [1.54, 1.807) is 19.2 Å². The first-order valence-electron chi connectivity index (χ1n) is 4.28. The molecule has 0 aliphatic rings. The summed E-state index contributed by atoms with van der Waals surface area (Å²) in [6.07, 6.45) is 0. The first-order valence-corrected chi connectivity index (χ1v) is 4.28. The molecule has 0 aromatic heterocycles. The summed E-state index contributed by atoms with van der Waals surface area (Å²) in [7, 11) is 1.64. The van der Waals surface area contributed by atoms with Crippen molar-refractivity contribution in [2.45, 2.75) is 6.92 Å². The largest absolute Gasteiger partial charge is 0.494 e. The Kier molecular flexibility index (Phi) is 3.28. The Labute approximate surface area is 81.8 Å². The summed E-state index contributed by atoms with van der Waals surface area (Å²) in [6, 6.07) is 4.63. The average Bonchev–Trinajstić information content (AvgIpc) is 2.17. The number of nitrogens with zero attached hydrogens (tertiary/aromatic N) is 1. The van der Waals surface area contributed by atoms with Crippen molar-refractivity contribution < 1.29 is 9.66 Å². The number of benzene rings is 1. The van der Waals surface area contributed by atoms with Crippen molar-refractivity contribution in [1.82, 2.24) is 0 Å². The molecule has 0 bridgehead atoms. The molecule has 76 valence electrons. The lowest BCUT2D eigenvalue weighted by Crippen LogP contribution is -1.98. The van der Waals surface area contributed by atoms with Gasteiger partial charge in [-0.25, -0.2) is 0 Å². The average molecular weight is 196 g/mol. The van der Waals surface area contributed by atoms with Crippen LogP contribution in [0.5, 0.6) is 5.75 Å². The second kappa shape index (κ2) is 4.45. The predicted octanol–water partition coefficient (Wildman–Crippen LogP) is 2.04. The van der Waals surface area contributed by atoms with Crippen LogP contribution in [0.3, 0.4) is 0 Å². The van der Waals surface area contributed by atoms with Gasteiger partial charge in [-0.2, -0.15) is 0 Å². The van der Waals surface area contributed by atoms with Crippen LogP contribution in [-0.4, -0.2) is 18.6 Å². The molecule has 0 saturated heterocycles. The monoisotopic (exact) mass is 196 g/mol. The fourth-order valence-corrected chi connectivity index (χ4v) is 1.13. The van der Waals surface area contributed by atoms with Gasteiger partial charge >= 0.3 is 0 Å². The topological polar surface area (TPSA) is 64.4 Å². The molecule has 0 saturated carbocycles. The molecule has 14 heavy (non-hydrogen) atoms. The Balaban J connectivity index is 3.05.